The number of fused-ring (bicyclic) bond motifs is 5. The van der Waals surface area contributed by atoms with E-state index in [9.17, 15) is 0 Å². The zero-order valence-corrected chi connectivity index (χ0v) is 40.5. The lowest BCUT2D eigenvalue weighted by Gasteiger charge is -2.26. The van der Waals surface area contributed by atoms with Crippen molar-refractivity contribution >= 4 is 60.3 Å². The van der Waals surface area contributed by atoms with Crippen LogP contribution in [0.15, 0.2) is 130 Å². The van der Waals surface area contributed by atoms with E-state index >= 15 is 0 Å². The molecular formula is C54H54O10P2. The molecule has 12 heteroatoms. The standard InChI is InChI=1S/C54H50O8P2.2H2O/c1-31-25-33(3)51-43(27-31)44-28-32(2)26-34(4)52(44)60-64(59-51)62-54-36(6)30-48(56-10)38(8)50(54)49-37(7)47(55-9)29-35(5)53(49)61-63(57-45-23-15-19-39-17-11-13-21-41(39)45)58-46-24-16-20-40-18-12-14-22-42(40)46;;/h11-30H,1-10H3;2*1H2. The summed E-state index contributed by atoms with van der Waals surface area (Å²) in [4.78, 5) is 0. The molecule has 0 amide bonds. The maximum atomic E-state index is 7.21. The van der Waals surface area contributed by atoms with Gasteiger partial charge in [-0.3, -0.25) is 0 Å². The highest BCUT2D eigenvalue weighted by atomic mass is 31.2. The zero-order valence-electron chi connectivity index (χ0n) is 38.7. The summed E-state index contributed by atoms with van der Waals surface area (Å²) in [6.07, 6.45) is 0. The Morgan fingerprint density at radius 1 is 0.424 bits per heavy atom. The van der Waals surface area contributed by atoms with Gasteiger partial charge < -0.3 is 46.9 Å². The van der Waals surface area contributed by atoms with Crippen molar-refractivity contribution in [2.24, 2.45) is 0 Å². The molecular weight excluding hydrogens is 871 g/mol. The second kappa shape index (κ2) is 19.4. The van der Waals surface area contributed by atoms with Crippen molar-refractivity contribution in [1.82, 2.24) is 0 Å². The van der Waals surface area contributed by atoms with Crippen molar-refractivity contribution in [2.75, 3.05) is 14.2 Å². The second-order valence-corrected chi connectivity index (χ2v) is 18.3. The zero-order chi connectivity index (χ0) is 44.8. The fourth-order valence-corrected chi connectivity index (χ4v) is 11.1. The van der Waals surface area contributed by atoms with Crippen LogP contribution in [0.1, 0.15) is 44.5 Å². The molecule has 0 saturated carbocycles. The van der Waals surface area contributed by atoms with Crippen LogP contribution in [0.5, 0.6) is 34.5 Å². The van der Waals surface area contributed by atoms with Gasteiger partial charge in [-0.2, -0.15) is 0 Å². The van der Waals surface area contributed by atoms with Crippen LogP contribution in [0.4, 0.5) is 0 Å². The average Bonchev–Trinajstić information content (AvgIpc) is 3.43. The van der Waals surface area contributed by atoms with Crippen molar-refractivity contribution in [2.45, 2.75) is 55.4 Å². The van der Waals surface area contributed by atoms with E-state index in [1.54, 1.807) is 14.2 Å². The van der Waals surface area contributed by atoms with Gasteiger partial charge in [0.15, 0.2) is 0 Å². The number of hydrogen-bond donors (Lipinski definition) is 0. The van der Waals surface area contributed by atoms with Gasteiger partial charge in [0.25, 0.3) is 0 Å². The molecule has 340 valence electrons. The molecule has 0 saturated heterocycles. The van der Waals surface area contributed by atoms with E-state index in [0.29, 0.717) is 34.5 Å². The molecule has 0 fully saturated rings. The smallest absolute Gasteiger partial charge is 0.496 e. The molecule has 10 nitrogen and oxygen atoms in total. The lowest BCUT2D eigenvalue weighted by atomic mass is 9.90. The molecule has 0 radical (unpaired) electrons. The van der Waals surface area contributed by atoms with Gasteiger partial charge in [-0.05, 0) is 136 Å². The monoisotopic (exact) mass is 924 g/mol. The van der Waals surface area contributed by atoms with Crippen LogP contribution in [0.2, 0.25) is 0 Å². The van der Waals surface area contributed by atoms with Crippen molar-refractivity contribution < 1.29 is 46.9 Å². The first-order valence-corrected chi connectivity index (χ1v) is 23.3. The van der Waals surface area contributed by atoms with E-state index in [2.05, 4.69) is 76.2 Å². The number of ether oxygens (including phenoxy) is 2. The summed E-state index contributed by atoms with van der Waals surface area (Å²) in [5.74, 6) is 3.71. The molecule has 66 heavy (non-hydrogen) atoms. The molecule has 0 aliphatic carbocycles. The third-order valence-corrected chi connectivity index (χ3v) is 13.7. The molecule has 0 atom stereocenters. The lowest BCUT2D eigenvalue weighted by molar-refractivity contribution is 0.388. The molecule has 0 bridgehead atoms. The highest BCUT2D eigenvalue weighted by Crippen LogP contribution is 2.55. The van der Waals surface area contributed by atoms with Crippen molar-refractivity contribution in [3.05, 3.63) is 166 Å². The number of benzene rings is 8. The van der Waals surface area contributed by atoms with Crippen LogP contribution >= 0.6 is 16.8 Å². The molecule has 4 N–H and O–H groups in total. The summed E-state index contributed by atoms with van der Waals surface area (Å²) in [6, 6.07) is 40.7. The first-order chi connectivity index (χ1) is 30.9. The van der Waals surface area contributed by atoms with Crippen molar-refractivity contribution in [1.29, 1.82) is 0 Å². The van der Waals surface area contributed by atoms with Crippen LogP contribution in [0, 0.1) is 55.4 Å². The Kier molecular flexibility index (Phi) is 13.9. The predicted molar refractivity (Wildman–Crippen MR) is 269 cm³/mol. The Labute approximate surface area is 386 Å². The Morgan fingerprint density at radius 3 is 1.32 bits per heavy atom. The third-order valence-electron chi connectivity index (χ3n) is 11.7. The van der Waals surface area contributed by atoms with Gasteiger partial charge >= 0.3 is 16.8 Å². The van der Waals surface area contributed by atoms with Crippen LogP contribution in [-0.4, -0.2) is 25.2 Å². The third kappa shape index (κ3) is 8.85. The molecule has 9 rings (SSSR count). The number of hydrogen-bond acceptors (Lipinski definition) is 8. The van der Waals surface area contributed by atoms with Gasteiger partial charge in [0.05, 0.1) is 14.2 Å². The van der Waals surface area contributed by atoms with E-state index < -0.39 is 16.8 Å². The van der Waals surface area contributed by atoms with Gasteiger partial charge in [-0.25, -0.2) is 0 Å². The van der Waals surface area contributed by atoms with Crippen LogP contribution < -0.4 is 27.6 Å². The van der Waals surface area contributed by atoms with Gasteiger partial charge in [-0.1, -0.05) is 84.9 Å². The normalized spacial score (nSPS) is 11.1. The Morgan fingerprint density at radius 2 is 0.848 bits per heavy atom. The van der Waals surface area contributed by atoms with E-state index in [0.717, 1.165) is 99.1 Å². The Hall–Kier alpha value is -6.67. The van der Waals surface area contributed by atoms with Gasteiger partial charge in [0.2, 0.25) is 0 Å². The quantitative estimate of drug-likeness (QED) is 0.117. The molecule has 8 aromatic carbocycles. The summed E-state index contributed by atoms with van der Waals surface area (Å²) < 4.78 is 54.0. The van der Waals surface area contributed by atoms with Crippen molar-refractivity contribution in [3.63, 3.8) is 0 Å². The van der Waals surface area contributed by atoms with E-state index in [4.69, 9.17) is 36.0 Å². The van der Waals surface area contributed by atoms with E-state index in [-0.39, 0.29) is 11.0 Å². The SMILES string of the molecule is COc1cc(C)c(OP(Oc2cccc3ccccc23)Oc2cccc3ccccc23)c(-c2c(C)c(OC)cc(C)c2Op2oc3c(C)cc(C)cc3c3cc(C)cc(C)c3o2)c1C.O.O. The summed E-state index contributed by atoms with van der Waals surface area (Å²) in [6.45, 7) is 16.4. The van der Waals surface area contributed by atoms with Gasteiger partial charge in [-0.15, -0.1) is 0 Å². The number of aryl methyl sites for hydroxylation is 6. The average molecular weight is 925 g/mol. The maximum Gasteiger partial charge on any atom is 0.530 e. The molecule has 1 aromatic heterocycles. The molecule has 0 aliphatic heterocycles. The highest BCUT2D eigenvalue weighted by Gasteiger charge is 2.31. The lowest BCUT2D eigenvalue weighted by Crippen LogP contribution is -2.07. The van der Waals surface area contributed by atoms with E-state index in [1.807, 2.05) is 100 Å². The van der Waals surface area contributed by atoms with E-state index in [1.165, 1.54) is 0 Å². The number of rotatable bonds is 11. The fraction of sp³-hybridized carbons (Fsp3) is 0.185. The predicted octanol–water partition coefficient (Wildman–Crippen LogP) is 14.7. The minimum atomic E-state index is -2.17. The molecule has 0 aliphatic rings. The van der Waals surface area contributed by atoms with Crippen LogP contribution in [0.3, 0.4) is 0 Å². The first-order valence-electron chi connectivity index (χ1n) is 21.2. The number of methoxy groups -OCH3 is 2. The summed E-state index contributed by atoms with van der Waals surface area (Å²) in [5.41, 5.74) is 10.4. The fourth-order valence-electron chi connectivity index (χ4n) is 8.66. The van der Waals surface area contributed by atoms with Crippen LogP contribution in [-0.2, 0) is 0 Å². The molecule has 0 spiro atoms. The second-order valence-electron chi connectivity index (χ2n) is 16.3. The summed E-state index contributed by atoms with van der Waals surface area (Å²) in [5, 5.41) is 5.88. The summed E-state index contributed by atoms with van der Waals surface area (Å²) in [7, 11) is -0.887. The minimum Gasteiger partial charge on any atom is -0.496 e. The summed E-state index contributed by atoms with van der Waals surface area (Å²) >= 11 is 0. The molecule has 9 aromatic rings. The highest BCUT2D eigenvalue weighted by molar-refractivity contribution is 7.43. The van der Waals surface area contributed by atoms with Gasteiger partial charge in [0.1, 0.15) is 45.7 Å². The maximum absolute atomic E-state index is 7.21. The Bertz CT molecular complexity index is 3160. The van der Waals surface area contributed by atoms with Crippen molar-refractivity contribution in [3.8, 4) is 45.6 Å². The Balaban J connectivity index is 0.00000324. The largest absolute Gasteiger partial charge is 0.530 e. The molecule has 1 heterocycles. The van der Waals surface area contributed by atoms with Crippen LogP contribution in [0.25, 0.3) is 54.6 Å². The topological polar surface area (TPSA) is 145 Å². The molecule has 0 unspecified atom stereocenters. The minimum absolute atomic E-state index is 0. The first kappa shape index (κ1) is 47.3. The van der Waals surface area contributed by atoms with Gasteiger partial charge in [0, 0.05) is 43.8 Å².